The van der Waals surface area contributed by atoms with Gasteiger partial charge in [0.05, 0.1) is 33.2 Å². The number of aliphatic carboxylic acids is 2. The van der Waals surface area contributed by atoms with E-state index < -0.39 is 11.9 Å². The van der Waals surface area contributed by atoms with Gasteiger partial charge < -0.3 is 19.5 Å². The number of carbonyl (C=O) groups excluding carboxylic acids is 1. The molecule has 0 aliphatic rings. The Morgan fingerprint density at radius 3 is 1.72 bits per heavy atom. The largest absolute Gasteiger partial charge is 0.545 e. The summed E-state index contributed by atoms with van der Waals surface area (Å²) in [7, 11) is 4.31. The van der Waals surface area contributed by atoms with Crippen molar-refractivity contribution in [1.82, 2.24) is 0 Å². The van der Waals surface area contributed by atoms with Crippen LogP contribution in [0.1, 0.15) is 0 Å². The first-order valence-corrected chi connectivity index (χ1v) is 4.91. The maximum atomic E-state index is 9.53. The van der Waals surface area contributed by atoms with Gasteiger partial charge in [-0.2, -0.15) is 0 Å². The smallest absolute Gasteiger partial charge is 0.328 e. The molecular formula is C12H20ClNO4. The van der Waals surface area contributed by atoms with Crippen LogP contribution in [0, 0.1) is 0 Å². The van der Waals surface area contributed by atoms with Gasteiger partial charge in [0.2, 0.25) is 0 Å². The summed E-state index contributed by atoms with van der Waals surface area (Å²) in [5.41, 5.74) is 0. The Kier molecular flexibility index (Phi) is 14.3. The number of hydrogen-bond donors (Lipinski definition) is 1. The number of carboxylic acids is 2. The Bertz CT molecular complexity index is 283. The topological polar surface area (TPSA) is 77.4 Å². The number of carboxylic acid groups (broad SMARTS) is 2. The van der Waals surface area contributed by atoms with Crippen LogP contribution >= 0.6 is 12.4 Å². The summed E-state index contributed by atoms with van der Waals surface area (Å²) in [6.45, 7) is 9.37. The third-order valence-corrected chi connectivity index (χ3v) is 1.61. The van der Waals surface area contributed by atoms with Crippen molar-refractivity contribution in [3.05, 3.63) is 37.5 Å². The average molecular weight is 278 g/mol. The summed E-state index contributed by atoms with van der Waals surface area (Å²) in [6, 6.07) is 0. The van der Waals surface area contributed by atoms with E-state index in [1.807, 2.05) is 12.2 Å². The monoisotopic (exact) mass is 277 g/mol. The molecule has 0 bridgehead atoms. The Balaban J connectivity index is -0.000000238. The lowest BCUT2D eigenvalue weighted by atomic mass is 10.4. The molecule has 0 radical (unpaired) electrons. The van der Waals surface area contributed by atoms with Gasteiger partial charge >= 0.3 is 5.97 Å². The van der Waals surface area contributed by atoms with E-state index in [2.05, 4.69) is 27.3 Å². The molecule has 5 nitrogen and oxygen atoms in total. The zero-order chi connectivity index (χ0) is 13.9. The van der Waals surface area contributed by atoms with Crippen molar-refractivity contribution < 1.29 is 24.3 Å². The summed E-state index contributed by atoms with van der Waals surface area (Å²) in [4.78, 5) is 19.0. The Morgan fingerprint density at radius 1 is 1.17 bits per heavy atom. The van der Waals surface area contributed by atoms with Gasteiger partial charge in [-0.1, -0.05) is 13.2 Å². The van der Waals surface area contributed by atoms with Crippen LogP contribution in [0.15, 0.2) is 37.5 Å². The van der Waals surface area contributed by atoms with E-state index in [1.54, 1.807) is 0 Å². The second kappa shape index (κ2) is 11.9. The average Bonchev–Trinajstić information content (AvgIpc) is 2.15. The first kappa shape index (κ1) is 21.7. The third-order valence-electron chi connectivity index (χ3n) is 1.61. The van der Waals surface area contributed by atoms with E-state index in [0.29, 0.717) is 12.2 Å². The van der Waals surface area contributed by atoms with Gasteiger partial charge in [0.15, 0.2) is 0 Å². The summed E-state index contributed by atoms with van der Waals surface area (Å²) < 4.78 is 0.951. The highest BCUT2D eigenvalue weighted by atomic mass is 35.5. The lowest BCUT2D eigenvalue weighted by molar-refractivity contribution is -0.878. The van der Waals surface area contributed by atoms with E-state index >= 15 is 0 Å². The van der Waals surface area contributed by atoms with Gasteiger partial charge in [-0.3, -0.25) is 0 Å². The molecule has 0 unspecified atom stereocenters. The highest BCUT2D eigenvalue weighted by molar-refractivity contribution is 5.88. The predicted octanol–water partition coefficient (Wildman–Crippen LogP) is 0.234. The van der Waals surface area contributed by atoms with Gasteiger partial charge in [0.25, 0.3) is 0 Å². The van der Waals surface area contributed by atoms with Crippen LogP contribution < -0.4 is 5.11 Å². The van der Waals surface area contributed by atoms with Crippen molar-refractivity contribution >= 4 is 24.3 Å². The van der Waals surface area contributed by atoms with Crippen molar-refractivity contribution in [2.45, 2.75) is 0 Å². The maximum absolute atomic E-state index is 9.53. The zero-order valence-electron chi connectivity index (χ0n) is 10.7. The highest BCUT2D eigenvalue weighted by Gasteiger charge is 2.07. The van der Waals surface area contributed by atoms with Gasteiger partial charge in [0.1, 0.15) is 0 Å². The van der Waals surface area contributed by atoms with Crippen molar-refractivity contribution in [3.63, 3.8) is 0 Å². The maximum Gasteiger partial charge on any atom is 0.328 e. The van der Waals surface area contributed by atoms with Gasteiger partial charge in [-0.05, 0) is 18.2 Å². The molecule has 18 heavy (non-hydrogen) atoms. The molecule has 0 aliphatic heterocycles. The van der Waals surface area contributed by atoms with E-state index in [4.69, 9.17) is 5.11 Å². The number of hydrogen-bond acceptors (Lipinski definition) is 3. The van der Waals surface area contributed by atoms with Crippen molar-refractivity contribution in [2.24, 2.45) is 0 Å². The van der Waals surface area contributed by atoms with Gasteiger partial charge in [-0.15, -0.1) is 12.4 Å². The van der Waals surface area contributed by atoms with E-state index in [0.717, 1.165) is 17.6 Å². The minimum atomic E-state index is -1.51. The van der Waals surface area contributed by atoms with Crippen LogP contribution in [-0.4, -0.2) is 48.7 Å². The quantitative estimate of drug-likeness (QED) is 0.428. The number of rotatable bonds is 6. The molecule has 0 saturated heterocycles. The predicted molar refractivity (Wildman–Crippen MR) is 71.3 cm³/mol. The number of nitrogens with zero attached hydrogens (tertiary/aromatic N) is 1. The van der Waals surface area contributed by atoms with E-state index in [9.17, 15) is 14.7 Å². The molecule has 0 aromatic heterocycles. The molecule has 0 atom stereocenters. The molecule has 1 N–H and O–H groups in total. The first-order valence-electron chi connectivity index (χ1n) is 4.91. The fourth-order valence-corrected chi connectivity index (χ4v) is 0.913. The van der Waals surface area contributed by atoms with Crippen molar-refractivity contribution in [2.75, 3.05) is 27.2 Å². The Hall–Kier alpha value is -1.59. The lowest BCUT2D eigenvalue weighted by Gasteiger charge is -2.26. The number of halogens is 1. The van der Waals surface area contributed by atoms with Crippen molar-refractivity contribution in [3.8, 4) is 0 Å². The second-order valence-corrected chi connectivity index (χ2v) is 3.87. The third kappa shape index (κ3) is 19.9. The minimum Gasteiger partial charge on any atom is -0.545 e. The van der Waals surface area contributed by atoms with Crippen molar-refractivity contribution in [1.29, 1.82) is 0 Å². The highest BCUT2D eigenvalue weighted by Crippen LogP contribution is 1.95. The number of carbonyl (C=O) groups is 2. The van der Waals surface area contributed by atoms with Gasteiger partial charge in [0, 0.05) is 6.08 Å². The summed E-state index contributed by atoms with van der Waals surface area (Å²) in [6.07, 6.45) is 4.81. The van der Waals surface area contributed by atoms with Gasteiger partial charge in [-0.25, -0.2) is 4.79 Å². The lowest BCUT2D eigenvalue weighted by Crippen LogP contribution is -2.39. The normalized spacial score (nSPS) is 9.67. The molecule has 0 heterocycles. The minimum absolute atomic E-state index is 0. The first-order chi connectivity index (χ1) is 7.75. The van der Waals surface area contributed by atoms with Crippen LogP contribution in [0.2, 0.25) is 0 Å². The molecule has 0 rings (SSSR count). The molecule has 0 aromatic carbocycles. The second-order valence-electron chi connectivity index (χ2n) is 3.87. The molecule has 0 fully saturated rings. The summed E-state index contributed by atoms with van der Waals surface area (Å²) >= 11 is 0. The molecule has 0 aliphatic carbocycles. The molecule has 0 saturated carbocycles. The van der Waals surface area contributed by atoms with Crippen LogP contribution in [0.3, 0.4) is 0 Å². The molecule has 0 amide bonds. The van der Waals surface area contributed by atoms with Crippen LogP contribution in [0.25, 0.3) is 0 Å². The molecule has 0 aromatic rings. The molecule has 0 spiro atoms. The fourth-order valence-electron chi connectivity index (χ4n) is 0.913. The zero-order valence-corrected chi connectivity index (χ0v) is 11.5. The summed E-state index contributed by atoms with van der Waals surface area (Å²) in [5, 5.41) is 17.2. The van der Waals surface area contributed by atoms with E-state index in [-0.39, 0.29) is 12.4 Å². The molecule has 6 heteroatoms. The summed E-state index contributed by atoms with van der Waals surface area (Å²) in [5.74, 6) is -2.80. The molecule has 104 valence electrons. The van der Waals surface area contributed by atoms with E-state index in [1.165, 1.54) is 0 Å². The fraction of sp³-hybridized carbons (Fsp3) is 0.333. The van der Waals surface area contributed by atoms with Crippen LogP contribution in [0.5, 0.6) is 0 Å². The number of quaternary nitrogens is 1. The SMILES string of the molecule is C=CC[N+](C)(C)CC=C.Cl.O=C([O-])/C=C\C(=O)O. The number of likely N-dealkylation sites (N-methyl/N-ethyl adjacent to an activating group) is 1. The Labute approximate surface area is 114 Å². The Morgan fingerprint density at radius 2 is 1.56 bits per heavy atom. The van der Waals surface area contributed by atoms with Crippen LogP contribution in [-0.2, 0) is 9.59 Å². The van der Waals surface area contributed by atoms with Crippen LogP contribution in [0.4, 0.5) is 0 Å². The molecular weight excluding hydrogens is 258 g/mol. The standard InChI is InChI=1S/C8H16N.C4H4O4.ClH/c1-5-7-9(3,4)8-6-2;5-3(6)1-2-4(7)8;/h5-6H,1-2,7-8H2,3-4H3;1-2H,(H,5,6)(H,7,8);1H/q+1;;/p-1/b;2-1-;.